The summed E-state index contributed by atoms with van der Waals surface area (Å²) in [5.74, 6) is -2.27. The van der Waals surface area contributed by atoms with Crippen LogP contribution in [0.3, 0.4) is 0 Å². The fourth-order valence-electron chi connectivity index (χ4n) is 3.23. The molecule has 2 aromatic rings. The van der Waals surface area contributed by atoms with Gasteiger partial charge in [0.1, 0.15) is 4.90 Å². The van der Waals surface area contributed by atoms with Crippen molar-refractivity contribution in [3.8, 4) is 0 Å². The molecule has 1 fully saturated rings. The Bertz CT molecular complexity index is 888. The molecule has 4 rings (SSSR count). The zero-order chi connectivity index (χ0) is 16.2. The molecule has 5 nitrogen and oxygen atoms in total. The van der Waals surface area contributed by atoms with Crippen LogP contribution in [0.4, 0.5) is 20.3 Å². The van der Waals surface area contributed by atoms with Gasteiger partial charge < -0.3 is 4.90 Å². The molecule has 2 aliphatic rings. The van der Waals surface area contributed by atoms with Crippen LogP contribution in [0, 0.1) is 11.6 Å². The highest BCUT2D eigenvalue weighted by molar-refractivity contribution is 7.92. The molecule has 0 N–H and O–H groups in total. The van der Waals surface area contributed by atoms with E-state index >= 15 is 0 Å². The number of fused-ring (bicyclic) bond motifs is 4. The van der Waals surface area contributed by atoms with Crippen molar-refractivity contribution in [2.45, 2.75) is 17.4 Å². The van der Waals surface area contributed by atoms with Gasteiger partial charge >= 0.3 is 0 Å². The van der Waals surface area contributed by atoms with Crippen LogP contribution in [0.2, 0.25) is 0 Å². The third-order valence-electron chi connectivity index (χ3n) is 4.26. The molecule has 1 unspecified atom stereocenters. The minimum atomic E-state index is -4.23. The number of nitrogens with zero attached hydrogens (tertiary/aromatic N) is 3. The number of halogens is 2. The van der Waals surface area contributed by atoms with Crippen LogP contribution >= 0.6 is 0 Å². The van der Waals surface area contributed by atoms with E-state index in [1.165, 1.54) is 12.3 Å². The van der Waals surface area contributed by atoms with Crippen molar-refractivity contribution >= 4 is 21.5 Å². The van der Waals surface area contributed by atoms with Crippen molar-refractivity contribution in [3.63, 3.8) is 0 Å². The number of pyridine rings is 1. The van der Waals surface area contributed by atoms with Gasteiger partial charge in [-0.2, -0.15) is 0 Å². The van der Waals surface area contributed by atoms with E-state index in [1.54, 1.807) is 12.1 Å². The SMILES string of the molecule is O=S(=O)(c1cccc(F)c1F)N1c2ncccc2N2CCC1C2. The fourth-order valence-corrected chi connectivity index (χ4v) is 4.95. The number of benzene rings is 1. The van der Waals surface area contributed by atoms with Crippen LogP contribution in [-0.2, 0) is 10.0 Å². The first kappa shape index (κ1) is 14.4. The molecule has 1 atom stereocenters. The van der Waals surface area contributed by atoms with Crippen molar-refractivity contribution in [3.05, 3.63) is 48.2 Å². The molecule has 1 saturated heterocycles. The van der Waals surface area contributed by atoms with Crippen molar-refractivity contribution in [1.82, 2.24) is 4.98 Å². The van der Waals surface area contributed by atoms with Gasteiger partial charge in [-0.05, 0) is 30.7 Å². The van der Waals surface area contributed by atoms with Crippen LogP contribution < -0.4 is 9.21 Å². The summed E-state index contributed by atoms with van der Waals surface area (Å²) in [5.41, 5.74) is 0.696. The molecule has 0 spiro atoms. The van der Waals surface area contributed by atoms with Crippen molar-refractivity contribution < 1.29 is 17.2 Å². The van der Waals surface area contributed by atoms with Crippen LogP contribution in [-0.4, -0.2) is 32.5 Å². The van der Waals surface area contributed by atoms with E-state index in [-0.39, 0.29) is 11.9 Å². The largest absolute Gasteiger partial charge is 0.366 e. The number of rotatable bonds is 2. The minimum Gasteiger partial charge on any atom is -0.366 e. The number of sulfonamides is 1. The van der Waals surface area contributed by atoms with E-state index in [9.17, 15) is 17.2 Å². The van der Waals surface area contributed by atoms with Gasteiger partial charge in [0.05, 0.1) is 11.7 Å². The Kier molecular flexibility index (Phi) is 3.06. The molecule has 23 heavy (non-hydrogen) atoms. The maximum Gasteiger partial charge on any atom is 0.268 e. The van der Waals surface area contributed by atoms with E-state index in [1.807, 2.05) is 0 Å². The fraction of sp³-hybridized carbons (Fsp3) is 0.267. The molecule has 1 aromatic heterocycles. The normalized spacial score (nSPS) is 19.8. The average Bonchev–Trinajstić information content (AvgIpc) is 2.94. The van der Waals surface area contributed by atoms with E-state index in [0.29, 0.717) is 25.2 Å². The average molecular weight is 337 g/mol. The Labute approximate surface area is 132 Å². The van der Waals surface area contributed by atoms with Gasteiger partial charge in [0, 0.05) is 19.3 Å². The maximum absolute atomic E-state index is 14.1. The Morgan fingerprint density at radius 2 is 2.00 bits per heavy atom. The highest BCUT2D eigenvalue weighted by atomic mass is 32.2. The zero-order valence-corrected chi connectivity index (χ0v) is 12.8. The summed E-state index contributed by atoms with van der Waals surface area (Å²) in [7, 11) is -4.23. The standard InChI is InChI=1S/C15H13F2N3O2S/c16-11-3-1-5-13(14(11)17)23(21,22)20-10-6-8-19(9-10)12-4-2-7-18-15(12)20/h1-5,7,10H,6,8-9H2. The molecule has 0 saturated carbocycles. The van der Waals surface area contributed by atoms with Crippen LogP contribution in [0.5, 0.6) is 0 Å². The summed E-state index contributed by atoms with van der Waals surface area (Å²) in [6.45, 7) is 1.23. The van der Waals surface area contributed by atoms with E-state index in [0.717, 1.165) is 16.4 Å². The number of anilines is 2. The van der Waals surface area contributed by atoms with Crippen molar-refractivity contribution in [2.75, 3.05) is 22.3 Å². The lowest BCUT2D eigenvalue weighted by Crippen LogP contribution is -2.46. The number of aromatic nitrogens is 1. The molecule has 2 aliphatic heterocycles. The van der Waals surface area contributed by atoms with Crippen LogP contribution in [0.15, 0.2) is 41.4 Å². The lowest BCUT2D eigenvalue weighted by atomic mass is 10.2. The molecular formula is C15H13F2N3O2S. The summed E-state index contributed by atoms with van der Waals surface area (Å²) in [6.07, 6.45) is 2.11. The number of hydrogen-bond acceptors (Lipinski definition) is 4. The molecule has 2 bridgehead atoms. The van der Waals surface area contributed by atoms with Gasteiger partial charge in [0.15, 0.2) is 17.5 Å². The highest BCUT2D eigenvalue weighted by Crippen LogP contribution is 2.41. The first-order valence-electron chi connectivity index (χ1n) is 7.18. The second-order valence-corrected chi connectivity index (χ2v) is 7.37. The summed E-state index contributed by atoms with van der Waals surface area (Å²) in [5, 5.41) is 0. The van der Waals surface area contributed by atoms with E-state index in [4.69, 9.17) is 0 Å². The third kappa shape index (κ3) is 2.01. The zero-order valence-electron chi connectivity index (χ0n) is 12.0. The quantitative estimate of drug-likeness (QED) is 0.843. The Balaban J connectivity index is 1.92. The third-order valence-corrected chi connectivity index (χ3v) is 6.12. The molecule has 0 radical (unpaired) electrons. The lowest BCUT2D eigenvalue weighted by molar-refractivity contribution is 0.483. The van der Waals surface area contributed by atoms with Gasteiger partial charge in [-0.3, -0.25) is 0 Å². The van der Waals surface area contributed by atoms with E-state index < -0.39 is 26.6 Å². The van der Waals surface area contributed by atoms with Gasteiger partial charge in [-0.25, -0.2) is 26.5 Å². The summed E-state index contributed by atoms with van der Waals surface area (Å²) in [4.78, 5) is 5.57. The van der Waals surface area contributed by atoms with Gasteiger partial charge in [-0.15, -0.1) is 0 Å². The Morgan fingerprint density at radius 3 is 2.83 bits per heavy atom. The monoisotopic (exact) mass is 337 g/mol. The minimum absolute atomic E-state index is 0.268. The molecule has 1 aromatic carbocycles. The summed E-state index contributed by atoms with van der Waals surface area (Å²) >= 11 is 0. The van der Waals surface area contributed by atoms with E-state index in [2.05, 4.69) is 9.88 Å². The van der Waals surface area contributed by atoms with Crippen LogP contribution in [0.25, 0.3) is 0 Å². The molecule has 3 heterocycles. The smallest absolute Gasteiger partial charge is 0.268 e. The predicted octanol–water partition coefficient (Wildman–Crippen LogP) is 2.15. The first-order valence-corrected chi connectivity index (χ1v) is 8.62. The van der Waals surface area contributed by atoms with Gasteiger partial charge in [-0.1, -0.05) is 6.07 Å². The predicted molar refractivity (Wildman–Crippen MR) is 80.9 cm³/mol. The highest BCUT2D eigenvalue weighted by Gasteiger charge is 2.44. The van der Waals surface area contributed by atoms with Gasteiger partial charge in [0.2, 0.25) is 0 Å². The van der Waals surface area contributed by atoms with Gasteiger partial charge in [0.25, 0.3) is 10.0 Å². The molecular weight excluding hydrogens is 324 g/mol. The molecule has 0 amide bonds. The lowest BCUT2D eigenvalue weighted by Gasteiger charge is -2.36. The topological polar surface area (TPSA) is 53.5 Å². The molecule has 120 valence electrons. The molecule has 8 heteroatoms. The van der Waals surface area contributed by atoms with Crippen molar-refractivity contribution in [1.29, 1.82) is 0 Å². The molecule has 0 aliphatic carbocycles. The van der Waals surface area contributed by atoms with Crippen LogP contribution in [0.1, 0.15) is 6.42 Å². The summed E-state index contributed by atoms with van der Waals surface area (Å²) < 4.78 is 54.6. The van der Waals surface area contributed by atoms with Crippen molar-refractivity contribution in [2.24, 2.45) is 0 Å². The second kappa shape index (κ2) is 4.89. The summed E-state index contributed by atoms with van der Waals surface area (Å²) in [6, 6.07) is 6.35. The first-order chi connectivity index (χ1) is 11.0. The Morgan fingerprint density at radius 1 is 1.17 bits per heavy atom. The maximum atomic E-state index is 14.1. The number of hydrogen-bond donors (Lipinski definition) is 0. The second-order valence-electron chi connectivity index (χ2n) is 5.59. The Hall–Kier alpha value is -2.22.